The minimum Gasteiger partial charge on any atom is -0.360 e. The van der Waals surface area contributed by atoms with E-state index in [1.165, 1.54) is 18.2 Å². The average Bonchev–Trinajstić information content (AvgIpc) is 2.93. The summed E-state index contributed by atoms with van der Waals surface area (Å²) in [5.74, 6) is -1.25. The molecule has 0 saturated heterocycles. The molecular formula is C16H19FN4O3. The van der Waals surface area contributed by atoms with Crippen molar-refractivity contribution in [1.29, 1.82) is 0 Å². The zero-order valence-corrected chi connectivity index (χ0v) is 13.7. The quantitative estimate of drug-likeness (QED) is 0.809. The number of aromatic nitrogens is 1. The molecule has 0 spiro atoms. The molecule has 0 aliphatic carbocycles. The molecular weight excluding hydrogens is 315 g/mol. The molecule has 0 bridgehead atoms. The molecule has 2 N–H and O–H groups in total. The van der Waals surface area contributed by atoms with E-state index >= 15 is 0 Å². The number of aryl methyl sites for hydroxylation is 1. The number of nitrogens with zero attached hydrogens (tertiary/aromatic N) is 2. The largest absolute Gasteiger partial charge is 0.360 e. The summed E-state index contributed by atoms with van der Waals surface area (Å²) in [5, 5.41) is 8.49. The zero-order valence-electron chi connectivity index (χ0n) is 13.7. The molecule has 1 aromatic heterocycles. The molecule has 0 unspecified atom stereocenters. The summed E-state index contributed by atoms with van der Waals surface area (Å²) in [6.45, 7) is 1.87. The molecule has 1 aromatic carbocycles. The zero-order chi connectivity index (χ0) is 17.7. The van der Waals surface area contributed by atoms with Gasteiger partial charge in [0.1, 0.15) is 11.6 Å². The maximum Gasteiger partial charge on any atom is 0.314 e. The van der Waals surface area contributed by atoms with E-state index in [0.29, 0.717) is 5.76 Å². The van der Waals surface area contributed by atoms with Crippen molar-refractivity contribution in [2.45, 2.75) is 13.0 Å². The maximum absolute atomic E-state index is 13.0. The Morgan fingerprint density at radius 3 is 2.46 bits per heavy atom. The molecule has 0 radical (unpaired) electrons. The highest BCUT2D eigenvalue weighted by molar-refractivity contribution is 6.39. The lowest BCUT2D eigenvalue weighted by atomic mass is 10.1. The van der Waals surface area contributed by atoms with Gasteiger partial charge in [0, 0.05) is 12.6 Å². The molecule has 0 aliphatic heterocycles. The average molecular weight is 334 g/mol. The van der Waals surface area contributed by atoms with E-state index in [-0.39, 0.29) is 24.2 Å². The Kier molecular flexibility index (Phi) is 5.64. The smallest absolute Gasteiger partial charge is 0.314 e. The first-order chi connectivity index (χ1) is 11.4. The van der Waals surface area contributed by atoms with Crippen molar-refractivity contribution in [3.63, 3.8) is 0 Å². The maximum atomic E-state index is 13.0. The van der Waals surface area contributed by atoms with E-state index in [1.54, 1.807) is 19.1 Å². The van der Waals surface area contributed by atoms with Gasteiger partial charge in [0.25, 0.3) is 0 Å². The molecule has 24 heavy (non-hydrogen) atoms. The van der Waals surface area contributed by atoms with Gasteiger partial charge in [-0.2, -0.15) is 0 Å². The number of carbonyl (C=O) groups is 2. The Hall–Kier alpha value is -2.74. The number of rotatable bonds is 5. The van der Waals surface area contributed by atoms with Crippen LogP contribution < -0.4 is 10.6 Å². The van der Waals surface area contributed by atoms with Gasteiger partial charge in [-0.1, -0.05) is 17.3 Å². The van der Waals surface area contributed by atoms with Gasteiger partial charge in [-0.15, -0.1) is 0 Å². The van der Waals surface area contributed by atoms with Crippen molar-refractivity contribution in [1.82, 2.24) is 15.4 Å². The molecule has 1 atom stereocenters. The van der Waals surface area contributed by atoms with E-state index in [4.69, 9.17) is 4.52 Å². The Morgan fingerprint density at radius 1 is 1.25 bits per heavy atom. The first-order valence-electron chi connectivity index (χ1n) is 7.31. The Morgan fingerprint density at radius 2 is 1.92 bits per heavy atom. The van der Waals surface area contributed by atoms with Crippen LogP contribution in [-0.2, 0) is 9.59 Å². The lowest BCUT2D eigenvalue weighted by Crippen LogP contribution is -2.40. The van der Waals surface area contributed by atoms with Crippen LogP contribution in [0.1, 0.15) is 17.4 Å². The summed E-state index contributed by atoms with van der Waals surface area (Å²) >= 11 is 0. The third-order valence-electron chi connectivity index (χ3n) is 3.41. The fourth-order valence-electron chi connectivity index (χ4n) is 2.15. The molecule has 8 heteroatoms. The van der Waals surface area contributed by atoms with E-state index in [0.717, 1.165) is 5.56 Å². The SMILES string of the molecule is Cc1cc(NC(=O)C(=O)NC[C@@H](c2ccc(F)cc2)N(C)C)no1. The number of nitrogens with one attached hydrogen (secondary N) is 2. The highest BCUT2D eigenvalue weighted by Crippen LogP contribution is 2.17. The first-order valence-corrected chi connectivity index (χ1v) is 7.31. The van der Waals surface area contributed by atoms with Gasteiger partial charge in [-0.3, -0.25) is 14.9 Å². The topological polar surface area (TPSA) is 87.5 Å². The molecule has 2 rings (SSSR count). The van der Waals surface area contributed by atoms with Gasteiger partial charge in [0.05, 0.1) is 6.04 Å². The normalized spacial score (nSPS) is 12.0. The van der Waals surface area contributed by atoms with Crippen LogP contribution >= 0.6 is 0 Å². The second-order valence-electron chi connectivity index (χ2n) is 5.52. The molecule has 2 amide bonds. The minimum atomic E-state index is -0.833. The van der Waals surface area contributed by atoms with Gasteiger partial charge in [0.15, 0.2) is 5.82 Å². The molecule has 2 aromatic rings. The summed E-state index contributed by atoms with van der Waals surface area (Å²) in [7, 11) is 3.66. The van der Waals surface area contributed by atoms with Crippen LogP contribution in [0.3, 0.4) is 0 Å². The van der Waals surface area contributed by atoms with Crippen molar-refractivity contribution >= 4 is 17.6 Å². The summed E-state index contributed by atoms with van der Waals surface area (Å²) in [6, 6.07) is 7.30. The van der Waals surface area contributed by atoms with E-state index in [1.807, 2.05) is 19.0 Å². The van der Waals surface area contributed by atoms with Crippen molar-refractivity contribution in [3.05, 3.63) is 47.5 Å². The van der Waals surface area contributed by atoms with Crippen LogP contribution in [0.2, 0.25) is 0 Å². The van der Waals surface area contributed by atoms with Gasteiger partial charge >= 0.3 is 11.8 Å². The summed E-state index contributed by atoms with van der Waals surface area (Å²) < 4.78 is 17.8. The molecule has 128 valence electrons. The standard InChI is InChI=1S/C16H19FN4O3/c1-10-8-14(20-24-10)19-16(23)15(22)18-9-13(21(2)3)11-4-6-12(17)7-5-11/h4-8,13H,9H2,1-3H3,(H,18,22)(H,19,20,23)/t13-/m0/s1. The fourth-order valence-corrected chi connectivity index (χ4v) is 2.15. The second kappa shape index (κ2) is 7.69. The number of anilines is 1. The number of halogens is 1. The molecule has 0 aliphatic rings. The number of likely N-dealkylation sites (N-methyl/N-ethyl adjacent to an activating group) is 1. The number of hydrogen-bond acceptors (Lipinski definition) is 5. The first kappa shape index (κ1) is 17.6. The minimum absolute atomic E-state index is 0.176. The molecule has 1 heterocycles. The second-order valence-corrected chi connectivity index (χ2v) is 5.52. The highest BCUT2D eigenvalue weighted by atomic mass is 19.1. The summed E-state index contributed by atoms with van der Waals surface area (Å²) in [4.78, 5) is 25.6. The number of benzene rings is 1. The lowest BCUT2D eigenvalue weighted by Gasteiger charge is -2.25. The number of carbonyl (C=O) groups excluding carboxylic acids is 2. The lowest BCUT2D eigenvalue weighted by molar-refractivity contribution is -0.136. The van der Waals surface area contributed by atoms with Crippen molar-refractivity contribution in [2.75, 3.05) is 26.0 Å². The van der Waals surface area contributed by atoms with Gasteiger partial charge in [-0.25, -0.2) is 4.39 Å². The molecule has 7 nitrogen and oxygen atoms in total. The van der Waals surface area contributed by atoms with Crippen molar-refractivity contribution in [2.24, 2.45) is 0 Å². The Labute approximate surface area is 138 Å². The van der Waals surface area contributed by atoms with Gasteiger partial charge in [0.2, 0.25) is 0 Å². The van der Waals surface area contributed by atoms with Crippen LogP contribution in [0, 0.1) is 12.7 Å². The van der Waals surface area contributed by atoms with Crippen molar-refractivity contribution in [3.8, 4) is 0 Å². The summed E-state index contributed by atoms with van der Waals surface area (Å²) in [5.41, 5.74) is 0.828. The molecule has 0 saturated carbocycles. The number of amides is 2. The molecule has 0 fully saturated rings. The van der Waals surface area contributed by atoms with Crippen LogP contribution in [0.5, 0.6) is 0 Å². The monoisotopic (exact) mass is 334 g/mol. The Bertz CT molecular complexity index is 712. The number of hydrogen-bond donors (Lipinski definition) is 2. The van der Waals surface area contributed by atoms with Gasteiger partial charge in [-0.05, 0) is 38.7 Å². The Balaban J connectivity index is 1.94. The fraction of sp³-hybridized carbons (Fsp3) is 0.312. The van der Waals surface area contributed by atoms with E-state index in [2.05, 4.69) is 15.8 Å². The third-order valence-corrected chi connectivity index (χ3v) is 3.41. The van der Waals surface area contributed by atoms with Crippen LogP contribution in [-0.4, -0.2) is 42.5 Å². The van der Waals surface area contributed by atoms with Crippen LogP contribution in [0.4, 0.5) is 10.2 Å². The van der Waals surface area contributed by atoms with Gasteiger partial charge < -0.3 is 14.7 Å². The predicted octanol–water partition coefficient (Wildman–Crippen LogP) is 1.48. The third kappa shape index (κ3) is 4.63. The predicted molar refractivity (Wildman–Crippen MR) is 85.7 cm³/mol. The van der Waals surface area contributed by atoms with Crippen LogP contribution in [0.15, 0.2) is 34.9 Å². The van der Waals surface area contributed by atoms with E-state index < -0.39 is 11.8 Å². The highest BCUT2D eigenvalue weighted by Gasteiger charge is 2.19. The van der Waals surface area contributed by atoms with E-state index in [9.17, 15) is 14.0 Å². The summed E-state index contributed by atoms with van der Waals surface area (Å²) in [6.07, 6.45) is 0. The van der Waals surface area contributed by atoms with Crippen LogP contribution in [0.25, 0.3) is 0 Å². The van der Waals surface area contributed by atoms with Crippen molar-refractivity contribution < 1.29 is 18.5 Å².